The number of thioether (sulfide) groups is 1. The summed E-state index contributed by atoms with van der Waals surface area (Å²) in [5.41, 5.74) is 0.964. The second-order valence-corrected chi connectivity index (χ2v) is 9.52. The molecule has 0 bridgehead atoms. The van der Waals surface area contributed by atoms with Gasteiger partial charge in [-0.2, -0.15) is 0 Å². The van der Waals surface area contributed by atoms with Crippen molar-refractivity contribution in [3.63, 3.8) is 0 Å². The van der Waals surface area contributed by atoms with Gasteiger partial charge in [0.05, 0.1) is 4.91 Å². The van der Waals surface area contributed by atoms with E-state index in [1.54, 1.807) is 29.2 Å². The lowest BCUT2D eigenvalue weighted by atomic mass is 9.94. The largest absolute Gasteiger partial charge is 0.480 e. The van der Waals surface area contributed by atoms with Crippen LogP contribution < -0.4 is 4.74 Å². The molecule has 1 aliphatic heterocycles. The minimum absolute atomic E-state index is 0.0693. The van der Waals surface area contributed by atoms with Crippen molar-refractivity contribution >= 4 is 50.5 Å². The van der Waals surface area contributed by atoms with Gasteiger partial charge in [-0.15, -0.1) is 6.42 Å². The predicted octanol–water partition coefficient (Wildman–Crippen LogP) is 6.54. The first-order valence-electron chi connectivity index (χ1n) is 10.5. The van der Waals surface area contributed by atoms with Crippen LogP contribution in [-0.4, -0.2) is 28.6 Å². The first-order chi connectivity index (χ1) is 15.6. The van der Waals surface area contributed by atoms with Gasteiger partial charge in [0.25, 0.3) is 5.91 Å². The minimum atomic E-state index is -0.411. The zero-order valence-electron chi connectivity index (χ0n) is 17.4. The average molecular weight is 513 g/mol. The molecule has 0 unspecified atom stereocenters. The van der Waals surface area contributed by atoms with Crippen molar-refractivity contribution in [1.82, 2.24) is 4.90 Å². The summed E-state index contributed by atoms with van der Waals surface area (Å²) in [6.45, 7) is 0.132. The maximum absolute atomic E-state index is 14.3. The molecule has 4 rings (SSSR count). The number of amidine groups is 1. The standard InChI is InChI=1S/C25H22BrFN2O2S/c1-2-14-31-22-13-12-18(26)15-17(22)16-23-24(30)29(19-8-4-3-5-9-19)25(32-23)28-21-11-7-6-10-20(21)27/h1,6-7,10-13,15-16,19H,3-5,8-9,14H2/b23-16-,28-25?. The summed E-state index contributed by atoms with van der Waals surface area (Å²) in [6.07, 6.45) is 12.3. The van der Waals surface area contributed by atoms with E-state index in [0.29, 0.717) is 15.8 Å². The molecule has 0 spiro atoms. The van der Waals surface area contributed by atoms with E-state index in [-0.39, 0.29) is 24.2 Å². The molecular formula is C25H22BrFN2O2S. The number of aliphatic imine (C=N–C) groups is 1. The highest BCUT2D eigenvalue weighted by molar-refractivity contribution is 9.10. The Hall–Kier alpha value is -2.56. The Kier molecular flexibility index (Phi) is 7.33. The lowest BCUT2D eigenvalue weighted by Crippen LogP contribution is -2.40. The molecule has 0 radical (unpaired) electrons. The van der Waals surface area contributed by atoms with E-state index in [4.69, 9.17) is 11.2 Å². The predicted molar refractivity (Wildman–Crippen MR) is 131 cm³/mol. The van der Waals surface area contributed by atoms with Gasteiger partial charge in [-0.05, 0) is 61.0 Å². The Morgan fingerprint density at radius 2 is 2.03 bits per heavy atom. The normalized spacial score (nSPS) is 19.5. The van der Waals surface area contributed by atoms with Crippen LogP contribution in [0.4, 0.5) is 10.1 Å². The van der Waals surface area contributed by atoms with Crippen LogP contribution in [-0.2, 0) is 4.79 Å². The third-order valence-electron chi connectivity index (χ3n) is 5.41. The fourth-order valence-corrected chi connectivity index (χ4v) is 5.32. The highest BCUT2D eigenvalue weighted by atomic mass is 79.9. The Bertz CT molecular complexity index is 1120. The monoisotopic (exact) mass is 512 g/mol. The van der Waals surface area contributed by atoms with Gasteiger partial charge in [0.15, 0.2) is 5.17 Å². The van der Waals surface area contributed by atoms with E-state index in [2.05, 4.69) is 26.8 Å². The Morgan fingerprint density at radius 3 is 2.78 bits per heavy atom. The third-order valence-corrected chi connectivity index (χ3v) is 6.89. The van der Waals surface area contributed by atoms with E-state index < -0.39 is 5.82 Å². The summed E-state index contributed by atoms with van der Waals surface area (Å²) in [7, 11) is 0. The summed E-state index contributed by atoms with van der Waals surface area (Å²) in [5.74, 6) is 2.53. The molecule has 2 fully saturated rings. The number of hydrogen-bond acceptors (Lipinski definition) is 4. The number of rotatable bonds is 5. The summed E-state index contributed by atoms with van der Waals surface area (Å²) >= 11 is 4.74. The van der Waals surface area contributed by atoms with E-state index in [1.807, 2.05) is 18.2 Å². The van der Waals surface area contributed by atoms with E-state index in [9.17, 15) is 9.18 Å². The number of benzene rings is 2. The van der Waals surface area contributed by atoms with Crippen molar-refractivity contribution in [2.45, 2.75) is 38.1 Å². The van der Waals surface area contributed by atoms with Crippen LogP contribution in [0.25, 0.3) is 6.08 Å². The highest BCUT2D eigenvalue weighted by Crippen LogP contribution is 2.40. The molecule has 2 aromatic rings. The van der Waals surface area contributed by atoms with Crippen molar-refractivity contribution in [3.05, 3.63) is 63.2 Å². The van der Waals surface area contributed by atoms with Crippen LogP contribution >= 0.6 is 27.7 Å². The maximum atomic E-state index is 14.3. The number of nitrogens with zero attached hydrogens (tertiary/aromatic N) is 2. The van der Waals surface area contributed by atoms with Crippen LogP contribution in [0.15, 0.2) is 56.8 Å². The van der Waals surface area contributed by atoms with Gasteiger partial charge < -0.3 is 4.74 Å². The van der Waals surface area contributed by atoms with Crippen molar-refractivity contribution in [2.75, 3.05) is 6.61 Å². The first kappa shape index (κ1) is 22.6. The molecule has 2 aliphatic rings. The van der Waals surface area contributed by atoms with Crippen molar-refractivity contribution in [3.8, 4) is 18.1 Å². The summed E-state index contributed by atoms with van der Waals surface area (Å²) in [4.78, 5) is 20.3. The molecule has 32 heavy (non-hydrogen) atoms. The molecule has 1 saturated carbocycles. The first-order valence-corrected chi connectivity index (χ1v) is 12.1. The number of terminal acetylenes is 1. The van der Waals surface area contributed by atoms with E-state index in [1.165, 1.54) is 24.2 Å². The van der Waals surface area contributed by atoms with Crippen LogP contribution in [0, 0.1) is 18.2 Å². The SMILES string of the molecule is C#CCOc1ccc(Br)cc1/C=C1\SC(=Nc2ccccc2F)N(C2CCCCC2)C1=O. The summed E-state index contributed by atoms with van der Waals surface area (Å²) in [5, 5.41) is 0.513. The van der Waals surface area contributed by atoms with Gasteiger partial charge in [0, 0.05) is 16.1 Å². The number of para-hydroxylation sites is 1. The van der Waals surface area contributed by atoms with Gasteiger partial charge in [-0.3, -0.25) is 9.69 Å². The molecule has 1 heterocycles. The molecule has 2 aromatic carbocycles. The fraction of sp³-hybridized carbons (Fsp3) is 0.280. The number of ether oxygens (including phenoxy) is 1. The highest BCUT2D eigenvalue weighted by Gasteiger charge is 2.39. The second kappa shape index (κ2) is 10.4. The van der Waals surface area contributed by atoms with E-state index >= 15 is 0 Å². The van der Waals surface area contributed by atoms with Crippen LogP contribution in [0.5, 0.6) is 5.75 Å². The zero-order valence-corrected chi connectivity index (χ0v) is 19.8. The molecular weight excluding hydrogens is 491 g/mol. The lowest BCUT2D eigenvalue weighted by molar-refractivity contribution is -0.124. The topological polar surface area (TPSA) is 41.9 Å². The Labute approximate surface area is 200 Å². The van der Waals surface area contributed by atoms with E-state index in [0.717, 1.165) is 35.7 Å². The van der Waals surface area contributed by atoms with Gasteiger partial charge >= 0.3 is 0 Å². The molecule has 1 aliphatic carbocycles. The molecule has 1 saturated heterocycles. The lowest BCUT2D eigenvalue weighted by Gasteiger charge is -2.30. The van der Waals surface area contributed by atoms with Crippen molar-refractivity contribution in [1.29, 1.82) is 0 Å². The quantitative estimate of drug-likeness (QED) is 0.337. The second-order valence-electron chi connectivity index (χ2n) is 7.60. The van der Waals surface area contributed by atoms with Crippen LogP contribution in [0.2, 0.25) is 0 Å². The Morgan fingerprint density at radius 1 is 1.25 bits per heavy atom. The van der Waals surface area contributed by atoms with Crippen molar-refractivity contribution < 1.29 is 13.9 Å². The number of halogens is 2. The molecule has 0 N–H and O–H groups in total. The van der Waals surface area contributed by atoms with Crippen LogP contribution in [0.1, 0.15) is 37.7 Å². The number of amides is 1. The number of hydrogen-bond donors (Lipinski definition) is 0. The van der Waals surface area contributed by atoms with Crippen LogP contribution in [0.3, 0.4) is 0 Å². The van der Waals surface area contributed by atoms with Gasteiger partial charge in [-0.25, -0.2) is 9.38 Å². The molecule has 0 aromatic heterocycles. The van der Waals surface area contributed by atoms with Gasteiger partial charge in [0.1, 0.15) is 23.9 Å². The smallest absolute Gasteiger partial charge is 0.267 e. The minimum Gasteiger partial charge on any atom is -0.480 e. The Balaban J connectivity index is 1.73. The third kappa shape index (κ3) is 5.08. The molecule has 164 valence electrons. The summed E-state index contributed by atoms with van der Waals surface area (Å²) < 4.78 is 20.8. The number of carbonyl (C=O) groups excluding carboxylic acids is 1. The molecule has 0 atom stereocenters. The molecule has 4 nitrogen and oxygen atoms in total. The average Bonchev–Trinajstić information content (AvgIpc) is 3.10. The van der Waals surface area contributed by atoms with Gasteiger partial charge in [0.2, 0.25) is 0 Å². The molecule has 1 amide bonds. The maximum Gasteiger partial charge on any atom is 0.267 e. The van der Waals surface area contributed by atoms with Crippen molar-refractivity contribution in [2.24, 2.45) is 4.99 Å². The summed E-state index contributed by atoms with van der Waals surface area (Å²) in [6, 6.07) is 12.0. The molecule has 7 heteroatoms. The number of carbonyl (C=O) groups is 1. The van der Waals surface area contributed by atoms with Gasteiger partial charge in [-0.1, -0.05) is 53.2 Å². The zero-order chi connectivity index (χ0) is 22.5. The fourth-order valence-electron chi connectivity index (χ4n) is 3.90.